The minimum Gasteiger partial charge on any atom is -0.494 e. The summed E-state index contributed by atoms with van der Waals surface area (Å²) in [6, 6.07) is 24.9. The monoisotopic (exact) mass is 373 g/mol. The minimum absolute atomic E-state index is 0.608. The maximum absolute atomic E-state index is 5.74. The Kier molecular flexibility index (Phi) is 5.85. The number of hydrogen-bond donors (Lipinski definition) is 0. The number of fused-ring (bicyclic) bond motifs is 1. The molecule has 0 aromatic heterocycles. The van der Waals surface area contributed by atoms with Crippen LogP contribution in [0.2, 0.25) is 0 Å². The molecule has 2 nitrogen and oxygen atoms in total. The lowest BCUT2D eigenvalue weighted by Crippen LogP contribution is -2.33. The lowest BCUT2D eigenvalue weighted by atomic mass is 9.97. The summed E-state index contributed by atoms with van der Waals surface area (Å²) >= 11 is 0. The molecule has 28 heavy (non-hydrogen) atoms. The first kappa shape index (κ1) is 18.9. The van der Waals surface area contributed by atoms with Gasteiger partial charge in [-0.15, -0.1) is 0 Å². The highest BCUT2D eigenvalue weighted by atomic mass is 16.5. The zero-order valence-corrected chi connectivity index (χ0v) is 17.1. The van der Waals surface area contributed by atoms with E-state index in [1.807, 2.05) is 0 Å². The lowest BCUT2D eigenvalue weighted by molar-refractivity contribution is 0.317. The molecule has 0 bridgehead atoms. The summed E-state index contributed by atoms with van der Waals surface area (Å²) in [4.78, 5) is 2.63. The second-order valence-electron chi connectivity index (χ2n) is 7.87. The predicted molar refractivity (Wildman–Crippen MR) is 120 cm³/mol. The molecule has 2 atom stereocenters. The van der Waals surface area contributed by atoms with Crippen molar-refractivity contribution in [3.63, 3.8) is 0 Å². The third-order valence-electron chi connectivity index (χ3n) is 6.09. The summed E-state index contributed by atoms with van der Waals surface area (Å²) < 4.78 is 5.74. The Balaban J connectivity index is 1.50. The van der Waals surface area contributed by atoms with Crippen molar-refractivity contribution in [2.45, 2.75) is 51.5 Å². The molecule has 3 aromatic rings. The topological polar surface area (TPSA) is 12.5 Å². The molecular formula is C26H31NO. The van der Waals surface area contributed by atoms with E-state index in [4.69, 9.17) is 4.74 Å². The second kappa shape index (κ2) is 8.68. The van der Waals surface area contributed by atoms with Crippen LogP contribution >= 0.6 is 0 Å². The molecule has 1 aliphatic rings. The minimum atomic E-state index is 0.608. The van der Waals surface area contributed by atoms with Crippen molar-refractivity contribution in [1.82, 2.24) is 0 Å². The van der Waals surface area contributed by atoms with Crippen molar-refractivity contribution in [3.8, 4) is 5.75 Å². The van der Waals surface area contributed by atoms with E-state index in [0.717, 1.165) is 25.3 Å². The molecule has 2 unspecified atom stereocenters. The van der Waals surface area contributed by atoms with Gasteiger partial charge >= 0.3 is 0 Å². The molecule has 146 valence electrons. The standard InChI is InChI=1S/C26H31NO/c1-3-18-28-24-16-13-20(14-17-24)22-12-15-23(19-22)27(4-2)26-11-7-9-21-8-5-6-10-25(21)26/h5-11,13-14,16-17,22-23H,3-4,12,15,18-19H2,1-2H3. The Morgan fingerprint density at radius 2 is 1.68 bits per heavy atom. The van der Waals surface area contributed by atoms with Crippen molar-refractivity contribution >= 4 is 16.5 Å². The average Bonchev–Trinajstić information content (AvgIpc) is 3.23. The van der Waals surface area contributed by atoms with Gasteiger partial charge in [-0.3, -0.25) is 0 Å². The van der Waals surface area contributed by atoms with Gasteiger partial charge in [0.25, 0.3) is 0 Å². The van der Waals surface area contributed by atoms with E-state index in [-0.39, 0.29) is 0 Å². The molecule has 0 amide bonds. The molecule has 0 N–H and O–H groups in total. The largest absolute Gasteiger partial charge is 0.494 e. The highest BCUT2D eigenvalue weighted by molar-refractivity contribution is 5.94. The SMILES string of the molecule is CCCOc1ccc(C2CCC(N(CC)c3cccc4ccccc34)C2)cc1. The van der Waals surface area contributed by atoms with Crippen LogP contribution in [0.25, 0.3) is 10.8 Å². The van der Waals surface area contributed by atoms with Crippen molar-refractivity contribution < 1.29 is 4.74 Å². The van der Waals surface area contributed by atoms with Crippen LogP contribution in [0.3, 0.4) is 0 Å². The van der Waals surface area contributed by atoms with E-state index in [2.05, 4.69) is 85.5 Å². The molecule has 0 spiro atoms. The Bertz CT molecular complexity index is 896. The summed E-state index contributed by atoms with van der Waals surface area (Å²) in [6.07, 6.45) is 4.80. The average molecular weight is 374 g/mol. The number of anilines is 1. The van der Waals surface area contributed by atoms with Crippen molar-refractivity contribution in [2.75, 3.05) is 18.1 Å². The molecule has 1 saturated carbocycles. The predicted octanol–water partition coefficient (Wildman–Crippen LogP) is 6.79. The van der Waals surface area contributed by atoms with Crippen LogP contribution in [0.1, 0.15) is 51.0 Å². The van der Waals surface area contributed by atoms with Gasteiger partial charge in [-0.25, -0.2) is 0 Å². The van der Waals surface area contributed by atoms with E-state index in [9.17, 15) is 0 Å². The molecule has 3 aromatic carbocycles. The first-order valence-electron chi connectivity index (χ1n) is 10.8. The van der Waals surface area contributed by atoms with Crippen LogP contribution < -0.4 is 9.64 Å². The van der Waals surface area contributed by atoms with E-state index in [1.165, 1.54) is 41.3 Å². The number of nitrogens with zero attached hydrogens (tertiary/aromatic N) is 1. The fourth-order valence-electron chi connectivity index (χ4n) is 4.68. The van der Waals surface area contributed by atoms with Crippen molar-refractivity contribution in [3.05, 3.63) is 72.3 Å². The van der Waals surface area contributed by atoms with E-state index < -0.39 is 0 Å². The van der Waals surface area contributed by atoms with E-state index >= 15 is 0 Å². The van der Waals surface area contributed by atoms with Crippen LogP contribution in [-0.4, -0.2) is 19.2 Å². The smallest absolute Gasteiger partial charge is 0.119 e. The van der Waals surface area contributed by atoms with Gasteiger partial charge in [0, 0.05) is 23.7 Å². The first-order chi connectivity index (χ1) is 13.8. The van der Waals surface area contributed by atoms with Crippen LogP contribution in [0.5, 0.6) is 5.75 Å². The highest BCUT2D eigenvalue weighted by Crippen LogP contribution is 2.40. The molecule has 0 aliphatic heterocycles. The summed E-state index contributed by atoms with van der Waals surface area (Å²) in [5.41, 5.74) is 2.84. The molecule has 1 aliphatic carbocycles. The van der Waals surface area contributed by atoms with Gasteiger partial charge in [0.1, 0.15) is 5.75 Å². The molecule has 4 rings (SSSR count). The Hall–Kier alpha value is -2.48. The van der Waals surface area contributed by atoms with E-state index in [1.54, 1.807) is 0 Å². The molecule has 0 heterocycles. The van der Waals surface area contributed by atoms with Gasteiger partial charge in [0.2, 0.25) is 0 Å². The molecule has 0 radical (unpaired) electrons. The Morgan fingerprint density at radius 3 is 2.46 bits per heavy atom. The molecule has 1 fully saturated rings. The zero-order chi connectivity index (χ0) is 19.3. The number of rotatable bonds is 7. The van der Waals surface area contributed by atoms with Gasteiger partial charge in [-0.2, -0.15) is 0 Å². The molecular weight excluding hydrogens is 342 g/mol. The van der Waals surface area contributed by atoms with E-state index in [0.29, 0.717) is 12.0 Å². The van der Waals surface area contributed by atoms with Crippen LogP contribution in [0.15, 0.2) is 66.7 Å². The second-order valence-corrected chi connectivity index (χ2v) is 7.87. The summed E-state index contributed by atoms with van der Waals surface area (Å²) in [5.74, 6) is 1.64. The third-order valence-corrected chi connectivity index (χ3v) is 6.09. The summed E-state index contributed by atoms with van der Waals surface area (Å²) in [5, 5.41) is 2.70. The quantitative estimate of drug-likeness (QED) is 0.452. The van der Waals surface area contributed by atoms with Gasteiger partial charge in [0.15, 0.2) is 0 Å². The van der Waals surface area contributed by atoms with Crippen LogP contribution in [-0.2, 0) is 0 Å². The van der Waals surface area contributed by atoms with Crippen molar-refractivity contribution in [2.24, 2.45) is 0 Å². The van der Waals surface area contributed by atoms with Gasteiger partial charge in [-0.1, -0.05) is 55.5 Å². The maximum atomic E-state index is 5.74. The summed E-state index contributed by atoms with van der Waals surface area (Å²) in [6.45, 7) is 6.27. The fraction of sp³-hybridized carbons (Fsp3) is 0.385. The van der Waals surface area contributed by atoms with Gasteiger partial charge < -0.3 is 9.64 Å². The highest BCUT2D eigenvalue weighted by Gasteiger charge is 2.30. The van der Waals surface area contributed by atoms with Crippen LogP contribution in [0.4, 0.5) is 5.69 Å². The third kappa shape index (κ3) is 3.87. The Labute approximate surface area is 169 Å². The fourth-order valence-corrected chi connectivity index (χ4v) is 4.68. The van der Waals surface area contributed by atoms with Crippen LogP contribution in [0, 0.1) is 0 Å². The zero-order valence-electron chi connectivity index (χ0n) is 17.1. The normalized spacial score (nSPS) is 19.1. The Morgan fingerprint density at radius 1 is 0.893 bits per heavy atom. The first-order valence-corrected chi connectivity index (χ1v) is 10.8. The van der Waals surface area contributed by atoms with Gasteiger partial charge in [-0.05, 0) is 67.7 Å². The lowest BCUT2D eigenvalue weighted by Gasteiger charge is -2.31. The number of benzene rings is 3. The van der Waals surface area contributed by atoms with Gasteiger partial charge in [0.05, 0.1) is 6.61 Å². The number of ether oxygens (including phenoxy) is 1. The van der Waals surface area contributed by atoms with Crippen molar-refractivity contribution in [1.29, 1.82) is 0 Å². The number of hydrogen-bond acceptors (Lipinski definition) is 2. The molecule has 2 heteroatoms. The maximum Gasteiger partial charge on any atom is 0.119 e. The molecule has 0 saturated heterocycles. The summed E-state index contributed by atoms with van der Waals surface area (Å²) in [7, 11) is 0.